The molecule has 0 bridgehead atoms. The van der Waals surface area contributed by atoms with Crippen molar-refractivity contribution in [3.8, 4) is 0 Å². The van der Waals surface area contributed by atoms with E-state index in [9.17, 15) is 0 Å². The first-order valence-electron chi connectivity index (χ1n) is 5.47. The predicted molar refractivity (Wildman–Crippen MR) is 63.7 cm³/mol. The lowest BCUT2D eigenvalue weighted by atomic mass is 9.82. The van der Waals surface area contributed by atoms with Crippen LogP contribution in [0, 0.1) is 5.41 Å². The number of hydrogen-bond acceptors (Lipinski definition) is 4. The van der Waals surface area contributed by atoms with Gasteiger partial charge in [-0.3, -0.25) is 0 Å². The lowest BCUT2D eigenvalue weighted by molar-refractivity contribution is 0.0300. The number of rotatable bonds is 3. The molecule has 1 aromatic heterocycles. The number of anilines is 1. The Kier molecular flexibility index (Phi) is 3.61. The molecule has 0 unspecified atom stereocenters. The van der Waals surface area contributed by atoms with Crippen LogP contribution in [0.3, 0.4) is 0 Å². The summed E-state index contributed by atoms with van der Waals surface area (Å²) in [6.45, 7) is 4.82. The van der Waals surface area contributed by atoms with Gasteiger partial charge in [-0.1, -0.05) is 18.5 Å². The summed E-state index contributed by atoms with van der Waals surface area (Å²) in [5, 5.41) is 3.85. The highest BCUT2D eigenvalue weighted by Gasteiger charge is 2.27. The molecule has 1 saturated heterocycles. The maximum Gasteiger partial charge on any atom is 0.148 e. The van der Waals surface area contributed by atoms with Gasteiger partial charge in [0, 0.05) is 19.8 Å². The van der Waals surface area contributed by atoms with E-state index >= 15 is 0 Å². The van der Waals surface area contributed by atoms with Crippen molar-refractivity contribution >= 4 is 17.4 Å². The number of ether oxygens (including phenoxy) is 1. The van der Waals surface area contributed by atoms with E-state index in [4.69, 9.17) is 16.3 Å². The predicted octanol–water partition coefficient (Wildman–Crippen LogP) is 2.36. The molecular formula is C11H16ClN3O. The van der Waals surface area contributed by atoms with Crippen LogP contribution in [0.25, 0.3) is 0 Å². The summed E-state index contributed by atoms with van der Waals surface area (Å²) in [4.78, 5) is 7.96. The fraction of sp³-hybridized carbons (Fsp3) is 0.636. The Morgan fingerprint density at radius 3 is 2.94 bits per heavy atom. The minimum atomic E-state index is 0.270. The zero-order valence-electron chi connectivity index (χ0n) is 9.37. The third-order valence-corrected chi connectivity index (χ3v) is 3.33. The molecular weight excluding hydrogens is 226 g/mol. The maximum atomic E-state index is 5.98. The second-order valence-corrected chi connectivity index (χ2v) is 4.90. The first-order chi connectivity index (χ1) is 7.70. The molecule has 1 aliphatic rings. The molecule has 0 spiro atoms. The Morgan fingerprint density at radius 2 is 2.25 bits per heavy atom. The number of hydrogen-bond donors (Lipinski definition) is 1. The number of halogens is 1. The second kappa shape index (κ2) is 4.97. The van der Waals surface area contributed by atoms with Crippen LogP contribution in [0.15, 0.2) is 12.5 Å². The minimum Gasteiger partial charge on any atom is -0.381 e. The molecule has 0 aliphatic carbocycles. The Labute approximate surface area is 100 Å². The van der Waals surface area contributed by atoms with Crippen molar-refractivity contribution in [1.29, 1.82) is 0 Å². The summed E-state index contributed by atoms with van der Waals surface area (Å²) in [6.07, 6.45) is 5.25. The molecule has 16 heavy (non-hydrogen) atoms. The molecule has 4 nitrogen and oxygen atoms in total. The molecule has 1 aliphatic heterocycles. The standard InChI is InChI=1S/C11H16ClN3O/c1-11(2-4-16-5-3-11)7-14-10-9(12)6-13-8-15-10/h6,8H,2-5,7H2,1H3,(H,13,14,15). The second-order valence-electron chi connectivity index (χ2n) is 4.50. The van der Waals surface area contributed by atoms with Crippen molar-refractivity contribution < 1.29 is 4.74 Å². The van der Waals surface area contributed by atoms with Gasteiger partial charge >= 0.3 is 0 Å². The Hall–Kier alpha value is -0.870. The average Bonchev–Trinajstić information content (AvgIpc) is 2.29. The fourth-order valence-electron chi connectivity index (χ4n) is 1.78. The van der Waals surface area contributed by atoms with Gasteiger partial charge in [0.2, 0.25) is 0 Å². The van der Waals surface area contributed by atoms with Crippen LogP contribution < -0.4 is 5.32 Å². The zero-order chi connectivity index (χ0) is 11.4. The molecule has 1 N–H and O–H groups in total. The first-order valence-corrected chi connectivity index (χ1v) is 5.85. The topological polar surface area (TPSA) is 47.0 Å². The van der Waals surface area contributed by atoms with Gasteiger partial charge in [-0.2, -0.15) is 0 Å². The van der Waals surface area contributed by atoms with Crippen LogP contribution >= 0.6 is 11.6 Å². The van der Waals surface area contributed by atoms with E-state index in [1.165, 1.54) is 6.33 Å². The molecule has 0 saturated carbocycles. The summed E-state index contributed by atoms with van der Waals surface area (Å²) in [5.74, 6) is 0.712. The van der Waals surface area contributed by atoms with Gasteiger partial charge in [0.25, 0.3) is 0 Å². The lowest BCUT2D eigenvalue weighted by Crippen LogP contribution is -2.33. The van der Waals surface area contributed by atoms with Gasteiger partial charge < -0.3 is 10.1 Å². The first kappa shape index (κ1) is 11.6. The van der Waals surface area contributed by atoms with Crippen LogP contribution in [0.1, 0.15) is 19.8 Å². The molecule has 2 rings (SSSR count). The van der Waals surface area contributed by atoms with Gasteiger partial charge in [-0.05, 0) is 18.3 Å². The molecule has 1 fully saturated rings. The Morgan fingerprint density at radius 1 is 1.50 bits per heavy atom. The van der Waals surface area contributed by atoms with Crippen LogP contribution in [-0.2, 0) is 4.74 Å². The van der Waals surface area contributed by atoms with Gasteiger partial charge in [0.05, 0.1) is 6.20 Å². The highest BCUT2D eigenvalue weighted by molar-refractivity contribution is 6.32. The van der Waals surface area contributed by atoms with Crippen molar-refractivity contribution in [2.24, 2.45) is 5.41 Å². The van der Waals surface area contributed by atoms with Crippen molar-refractivity contribution in [3.05, 3.63) is 17.5 Å². The summed E-state index contributed by atoms with van der Waals surface area (Å²) >= 11 is 5.98. The number of aromatic nitrogens is 2. The molecule has 5 heteroatoms. The van der Waals surface area contributed by atoms with E-state index in [0.29, 0.717) is 10.8 Å². The zero-order valence-corrected chi connectivity index (χ0v) is 10.1. The quantitative estimate of drug-likeness (QED) is 0.883. The SMILES string of the molecule is CC1(CNc2ncncc2Cl)CCOCC1. The van der Waals surface area contributed by atoms with Gasteiger partial charge in [-0.15, -0.1) is 0 Å². The molecule has 0 aromatic carbocycles. The van der Waals surface area contributed by atoms with Crippen LogP contribution in [-0.4, -0.2) is 29.7 Å². The Bertz CT molecular complexity index is 353. The van der Waals surface area contributed by atoms with Gasteiger partial charge in [-0.25, -0.2) is 9.97 Å². The highest BCUT2D eigenvalue weighted by Crippen LogP contribution is 2.30. The average molecular weight is 242 g/mol. The largest absolute Gasteiger partial charge is 0.381 e. The molecule has 1 aromatic rings. The van der Waals surface area contributed by atoms with Crippen LogP contribution in [0.5, 0.6) is 0 Å². The summed E-state index contributed by atoms with van der Waals surface area (Å²) in [7, 11) is 0. The van der Waals surface area contributed by atoms with Crippen LogP contribution in [0.4, 0.5) is 5.82 Å². The van der Waals surface area contributed by atoms with Gasteiger partial charge in [0.15, 0.2) is 0 Å². The van der Waals surface area contributed by atoms with Crippen molar-refractivity contribution in [2.45, 2.75) is 19.8 Å². The molecule has 0 amide bonds. The molecule has 0 atom stereocenters. The maximum absolute atomic E-state index is 5.98. The molecule has 0 radical (unpaired) electrons. The lowest BCUT2D eigenvalue weighted by Gasteiger charge is -2.33. The monoisotopic (exact) mass is 241 g/mol. The molecule has 2 heterocycles. The summed E-state index contributed by atoms with van der Waals surface area (Å²) in [6, 6.07) is 0. The number of nitrogens with zero attached hydrogens (tertiary/aromatic N) is 2. The van der Waals surface area contributed by atoms with Crippen molar-refractivity contribution in [2.75, 3.05) is 25.1 Å². The van der Waals surface area contributed by atoms with E-state index < -0.39 is 0 Å². The Balaban J connectivity index is 1.94. The third kappa shape index (κ3) is 2.83. The fourth-order valence-corrected chi connectivity index (χ4v) is 1.95. The minimum absolute atomic E-state index is 0.270. The third-order valence-electron chi connectivity index (χ3n) is 3.05. The van der Waals surface area contributed by atoms with E-state index in [1.807, 2.05) is 0 Å². The van der Waals surface area contributed by atoms with E-state index in [-0.39, 0.29) is 5.41 Å². The van der Waals surface area contributed by atoms with Crippen molar-refractivity contribution in [3.63, 3.8) is 0 Å². The highest BCUT2D eigenvalue weighted by atomic mass is 35.5. The summed E-state index contributed by atoms with van der Waals surface area (Å²) in [5.41, 5.74) is 0.270. The molecule has 88 valence electrons. The van der Waals surface area contributed by atoms with E-state index in [1.54, 1.807) is 6.20 Å². The normalized spacial score (nSPS) is 19.4. The van der Waals surface area contributed by atoms with E-state index in [2.05, 4.69) is 22.2 Å². The van der Waals surface area contributed by atoms with Crippen molar-refractivity contribution in [1.82, 2.24) is 9.97 Å². The van der Waals surface area contributed by atoms with Crippen LogP contribution in [0.2, 0.25) is 5.02 Å². The number of nitrogens with one attached hydrogen (secondary N) is 1. The smallest absolute Gasteiger partial charge is 0.148 e. The van der Waals surface area contributed by atoms with Gasteiger partial charge in [0.1, 0.15) is 17.2 Å². The van der Waals surface area contributed by atoms with E-state index in [0.717, 1.165) is 32.6 Å². The summed E-state index contributed by atoms with van der Waals surface area (Å²) < 4.78 is 5.36.